The van der Waals surface area contributed by atoms with Crippen LogP contribution in [0.4, 0.5) is 0 Å². The van der Waals surface area contributed by atoms with E-state index >= 15 is 0 Å². The van der Waals surface area contributed by atoms with Crippen LogP contribution >= 0.6 is 11.6 Å². The van der Waals surface area contributed by atoms with Crippen molar-refractivity contribution >= 4 is 22.6 Å². The van der Waals surface area contributed by atoms with Crippen molar-refractivity contribution in [2.24, 2.45) is 0 Å². The van der Waals surface area contributed by atoms with Crippen LogP contribution in [-0.2, 0) is 6.54 Å². The van der Waals surface area contributed by atoms with Crippen LogP contribution in [-0.4, -0.2) is 19.7 Å². The molecule has 15 heavy (non-hydrogen) atoms. The van der Waals surface area contributed by atoms with Crippen molar-refractivity contribution in [1.29, 1.82) is 0 Å². The van der Waals surface area contributed by atoms with Crippen molar-refractivity contribution < 1.29 is 0 Å². The van der Waals surface area contributed by atoms with Crippen LogP contribution in [0.25, 0.3) is 11.0 Å². The molecule has 2 aromatic heterocycles. The zero-order valence-corrected chi connectivity index (χ0v) is 9.84. The van der Waals surface area contributed by atoms with Gasteiger partial charge < -0.3 is 0 Å². The Hall–Kier alpha value is -1.16. The second kappa shape index (κ2) is 3.77. The highest BCUT2D eigenvalue weighted by molar-refractivity contribution is 6.33. The van der Waals surface area contributed by atoms with Crippen molar-refractivity contribution in [3.63, 3.8) is 0 Å². The second-order valence-electron chi connectivity index (χ2n) is 3.57. The number of hydrogen-bond acceptors (Lipinski definition) is 3. The van der Waals surface area contributed by atoms with Gasteiger partial charge in [0.25, 0.3) is 0 Å². The second-order valence-corrected chi connectivity index (χ2v) is 3.93. The van der Waals surface area contributed by atoms with Crippen molar-refractivity contribution in [3.05, 3.63) is 16.7 Å². The van der Waals surface area contributed by atoms with E-state index in [1.54, 1.807) is 0 Å². The smallest absolute Gasteiger partial charge is 0.158 e. The number of halogens is 1. The van der Waals surface area contributed by atoms with Gasteiger partial charge in [0, 0.05) is 6.54 Å². The standard InChI is InChI=1S/C10H13ClN4/c1-4-5-15-9-8(6(2)14-15)12-7(3)13-10(9)11/h4-5H2,1-3H3. The predicted molar refractivity (Wildman–Crippen MR) is 60.1 cm³/mol. The average Bonchev–Trinajstić information content (AvgIpc) is 2.44. The van der Waals surface area contributed by atoms with E-state index in [0.717, 1.165) is 29.7 Å². The highest BCUT2D eigenvalue weighted by atomic mass is 35.5. The highest BCUT2D eigenvalue weighted by Gasteiger charge is 2.13. The molecule has 0 amide bonds. The van der Waals surface area contributed by atoms with E-state index in [0.29, 0.717) is 11.0 Å². The lowest BCUT2D eigenvalue weighted by Gasteiger charge is -2.01. The van der Waals surface area contributed by atoms with Gasteiger partial charge in [-0.15, -0.1) is 0 Å². The maximum Gasteiger partial charge on any atom is 0.158 e. The molecule has 0 saturated heterocycles. The minimum atomic E-state index is 0.492. The SMILES string of the molecule is CCCn1nc(C)c2nc(C)nc(Cl)c21. The van der Waals surface area contributed by atoms with Crippen molar-refractivity contribution in [1.82, 2.24) is 19.7 Å². The number of aryl methyl sites for hydroxylation is 3. The van der Waals surface area contributed by atoms with Crippen LogP contribution in [0.15, 0.2) is 0 Å². The molecule has 0 radical (unpaired) electrons. The van der Waals surface area contributed by atoms with Gasteiger partial charge in [0.2, 0.25) is 0 Å². The summed E-state index contributed by atoms with van der Waals surface area (Å²) in [4.78, 5) is 8.51. The average molecular weight is 225 g/mol. The summed E-state index contributed by atoms with van der Waals surface area (Å²) in [5, 5.41) is 4.90. The normalized spacial score (nSPS) is 11.2. The third-order valence-corrected chi connectivity index (χ3v) is 2.52. The van der Waals surface area contributed by atoms with E-state index in [1.165, 1.54) is 0 Å². The van der Waals surface area contributed by atoms with Crippen LogP contribution < -0.4 is 0 Å². The lowest BCUT2D eigenvalue weighted by atomic mass is 10.3. The fourth-order valence-corrected chi connectivity index (χ4v) is 1.97. The highest BCUT2D eigenvalue weighted by Crippen LogP contribution is 2.22. The van der Waals surface area contributed by atoms with Crippen LogP contribution in [0.5, 0.6) is 0 Å². The first-order valence-corrected chi connectivity index (χ1v) is 5.38. The number of fused-ring (bicyclic) bond motifs is 1. The molecule has 0 spiro atoms. The predicted octanol–water partition coefficient (Wildman–Crippen LogP) is 2.51. The van der Waals surface area contributed by atoms with E-state index in [1.807, 2.05) is 18.5 Å². The Morgan fingerprint density at radius 1 is 1.27 bits per heavy atom. The summed E-state index contributed by atoms with van der Waals surface area (Å²) in [5.41, 5.74) is 2.62. The molecule has 0 atom stereocenters. The summed E-state index contributed by atoms with van der Waals surface area (Å²) in [6, 6.07) is 0. The van der Waals surface area contributed by atoms with Gasteiger partial charge in [-0.2, -0.15) is 5.10 Å². The molecule has 2 rings (SSSR count). The molecule has 0 aliphatic heterocycles. The minimum absolute atomic E-state index is 0.492. The monoisotopic (exact) mass is 224 g/mol. The van der Waals surface area contributed by atoms with E-state index in [2.05, 4.69) is 22.0 Å². The van der Waals surface area contributed by atoms with Crippen LogP contribution in [0.1, 0.15) is 24.9 Å². The van der Waals surface area contributed by atoms with Gasteiger partial charge in [0.1, 0.15) is 16.9 Å². The number of nitrogens with zero attached hydrogens (tertiary/aromatic N) is 4. The Bertz CT molecular complexity index is 504. The largest absolute Gasteiger partial charge is 0.260 e. The summed E-state index contributed by atoms with van der Waals surface area (Å²) in [5.74, 6) is 0.687. The Labute approximate surface area is 93.3 Å². The summed E-state index contributed by atoms with van der Waals surface area (Å²) < 4.78 is 1.88. The van der Waals surface area contributed by atoms with E-state index < -0.39 is 0 Å². The van der Waals surface area contributed by atoms with E-state index in [-0.39, 0.29) is 0 Å². The van der Waals surface area contributed by atoms with Gasteiger partial charge in [-0.1, -0.05) is 18.5 Å². The molecule has 5 heteroatoms. The third-order valence-electron chi connectivity index (χ3n) is 2.26. The molecule has 2 heterocycles. The number of aromatic nitrogens is 4. The van der Waals surface area contributed by atoms with Gasteiger partial charge in [0.15, 0.2) is 5.15 Å². The van der Waals surface area contributed by atoms with E-state index in [9.17, 15) is 0 Å². The number of hydrogen-bond donors (Lipinski definition) is 0. The zero-order chi connectivity index (χ0) is 11.0. The molecule has 0 bridgehead atoms. The molecule has 0 aliphatic rings. The molecule has 0 aliphatic carbocycles. The van der Waals surface area contributed by atoms with E-state index in [4.69, 9.17) is 11.6 Å². The van der Waals surface area contributed by atoms with Gasteiger partial charge in [-0.3, -0.25) is 4.68 Å². The Morgan fingerprint density at radius 2 is 2.00 bits per heavy atom. The van der Waals surface area contributed by atoms with Crippen molar-refractivity contribution in [2.75, 3.05) is 0 Å². The molecule has 4 nitrogen and oxygen atoms in total. The fraction of sp³-hybridized carbons (Fsp3) is 0.500. The number of rotatable bonds is 2. The topological polar surface area (TPSA) is 43.6 Å². The van der Waals surface area contributed by atoms with Gasteiger partial charge in [0.05, 0.1) is 5.69 Å². The molecule has 2 aromatic rings. The molecule has 0 unspecified atom stereocenters. The molecule has 80 valence electrons. The summed E-state index contributed by atoms with van der Waals surface area (Å²) >= 11 is 6.10. The van der Waals surface area contributed by atoms with Gasteiger partial charge >= 0.3 is 0 Å². The molecular weight excluding hydrogens is 212 g/mol. The van der Waals surface area contributed by atoms with Gasteiger partial charge in [-0.05, 0) is 20.3 Å². The van der Waals surface area contributed by atoms with Crippen LogP contribution in [0, 0.1) is 13.8 Å². The van der Waals surface area contributed by atoms with Crippen molar-refractivity contribution in [3.8, 4) is 0 Å². The lowest BCUT2D eigenvalue weighted by Crippen LogP contribution is -2.00. The molecule has 0 saturated carbocycles. The van der Waals surface area contributed by atoms with Crippen LogP contribution in [0.2, 0.25) is 5.15 Å². The fourth-order valence-electron chi connectivity index (χ4n) is 1.67. The molecule has 0 aromatic carbocycles. The minimum Gasteiger partial charge on any atom is -0.260 e. The molecular formula is C10H13ClN4. The quantitative estimate of drug-likeness (QED) is 0.737. The van der Waals surface area contributed by atoms with Gasteiger partial charge in [-0.25, -0.2) is 9.97 Å². The maximum atomic E-state index is 6.10. The Kier molecular flexibility index (Phi) is 2.61. The third kappa shape index (κ3) is 1.69. The van der Waals surface area contributed by atoms with Crippen molar-refractivity contribution in [2.45, 2.75) is 33.7 Å². The Balaban J connectivity index is 2.75. The summed E-state index contributed by atoms with van der Waals surface area (Å²) in [6.07, 6.45) is 1.01. The lowest BCUT2D eigenvalue weighted by molar-refractivity contribution is 0.616. The maximum absolute atomic E-state index is 6.10. The summed E-state index contributed by atoms with van der Waals surface area (Å²) in [7, 11) is 0. The summed E-state index contributed by atoms with van der Waals surface area (Å²) in [6.45, 7) is 6.72. The molecule has 0 fully saturated rings. The first kappa shape index (κ1) is 10.4. The molecule has 0 N–H and O–H groups in total. The first-order chi connectivity index (χ1) is 7.13. The Morgan fingerprint density at radius 3 is 2.67 bits per heavy atom. The van der Waals surface area contributed by atoms with Crippen LogP contribution in [0.3, 0.4) is 0 Å². The zero-order valence-electron chi connectivity index (χ0n) is 9.08. The first-order valence-electron chi connectivity index (χ1n) is 5.00.